The number of fused-ring (bicyclic) bond motifs is 1. The number of primary sulfonamides is 1. The Labute approximate surface area is 197 Å². The van der Waals surface area contributed by atoms with Gasteiger partial charge in [-0.15, -0.1) is 0 Å². The van der Waals surface area contributed by atoms with Crippen molar-refractivity contribution in [2.75, 3.05) is 0 Å². The third kappa shape index (κ3) is 4.07. The molecule has 0 bridgehead atoms. The highest BCUT2D eigenvalue weighted by molar-refractivity contribution is 7.89. The number of hydrogen-bond acceptors (Lipinski definition) is 2. The van der Waals surface area contributed by atoms with Gasteiger partial charge >= 0.3 is 0 Å². The number of benzene rings is 4. The van der Waals surface area contributed by atoms with Crippen molar-refractivity contribution >= 4 is 32.4 Å². The van der Waals surface area contributed by atoms with Crippen molar-refractivity contribution in [3.8, 4) is 28.1 Å². The van der Waals surface area contributed by atoms with Gasteiger partial charge in [0.1, 0.15) is 0 Å². The summed E-state index contributed by atoms with van der Waals surface area (Å²) in [6.07, 6.45) is 0. The van der Waals surface area contributed by atoms with E-state index in [1.807, 2.05) is 43.3 Å². The quantitative estimate of drug-likeness (QED) is 0.321. The van der Waals surface area contributed by atoms with Crippen LogP contribution in [0.2, 0.25) is 5.02 Å². The number of aryl methyl sites for hydroxylation is 1. The Balaban J connectivity index is 1.76. The van der Waals surface area contributed by atoms with Gasteiger partial charge in [-0.25, -0.2) is 13.6 Å². The van der Waals surface area contributed by atoms with Crippen molar-refractivity contribution < 1.29 is 8.42 Å². The molecule has 4 aromatic carbocycles. The van der Waals surface area contributed by atoms with Crippen molar-refractivity contribution in [1.82, 2.24) is 4.57 Å². The van der Waals surface area contributed by atoms with Gasteiger partial charge in [-0.3, -0.25) is 0 Å². The summed E-state index contributed by atoms with van der Waals surface area (Å²) >= 11 is 6.17. The molecule has 0 aliphatic carbocycles. The van der Waals surface area contributed by atoms with Gasteiger partial charge in [0.15, 0.2) is 0 Å². The van der Waals surface area contributed by atoms with Gasteiger partial charge in [0, 0.05) is 22.0 Å². The lowest BCUT2D eigenvalue weighted by Gasteiger charge is -2.15. The monoisotopic (exact) mass is 472 g/mol. The minimum Gasteiger partial charge on any atom is -0.313 e. The average Bonchev–Trinajstić information content (AvgIpc) is 3.16. The minimum absolute atomic E-state index is 0.0823. The SMILES string of the molecule is Cc1cc(-c2ccc3ccccc3c2)c(-c2ccc(Cl)cc2)n1-c1ccc(S(N)(=O)=O)cc1. The van der Waals surface area contributed by atoms with Gasteiger partial charge in [-0.2, -0.15) is 0 Å². The predicted molar refractivity (Wildman–Crippen MR) is 135 cm³/mol. The summed E-state index contributed by atoms with van der Waals surface area (Å²) in [6, 6.07) is 31.2. The lowest BCUT2D eigenvalue weighted by molar-refractivity contribution is 0.598. The molecule has 33 heavy (non-hydrogen) atoms. The molecule has 5 aromatic rings. The van der Waals surface area contributed by atoms with E-state index in [1.165, 1.54) is 22.9 Å². The van der Waals surface area contributed by atoms with Crippen LogP contribution in [0.25, 0.3) is 38.8 Å². The summed E-state index contributed by atoms with van der Waals surface area (Å²) in [4.78, 5) is 0.0823. The fourth-order valence-corrected chi connectivity index (χ4v) is 4.87. The van der Waals surface area contributed by atoms with Gasteiger partial charge in [-0.1, -0.05) is 60.1 Å². The highest BCUT2D eigenvalue weighted by atomic mass is 35.5. The molecule has 0 fully saturated rings. The maximum absolute atomic E-state index is 11.7. The zero-order chi connectivity index (χ0) is 23.2. The van der Waals surface area contributed by atoms with Gasteiger partial charge in [-0.05, 0) is 77.4 Å². The summed E-state index contributed by atoms with van der Waals surface area (Å²) < 4.78 is 25.6. The molecular weight excluding hydrogens is 452 g/mol. The second kappa shape index (κ2) is 8.19. The summed E-state index contributed by atoms with van der Waals surface area (Å²) in [5.74, 6) is 0. The fraction of sp³-hybridized carbons (Fsp3) is 0.0370. The molecule has 2 N–H and O–H groups in total. The standard InChI is InChI=1S/C27H21ClN2O2S/c1-18-16-26(22-7-6-19-4-2-3-5-21(19)17-22)27(20-8-10-23(28)11-9-20)30(18)24-12-14-25(15-13-24)33(29,31)32/h2-17H,1H3,(H2,29,31,32). The first kappa shape index (κ1) is 21.5. The third-order valence-corrected chi connectivity index (χ3v) is 6.97. The van der Waals surface area contributed by atoms with Crippen LogP contribution in [-0.4, -0.2) is 13.0 Å². The molecule has 164 valence electrons. The van der Waals surface area contributed by atoms with Crippen LogP contribution in [0.3, 0.4) is 0 Å². The van der Waals surface area contributed by atoms with E-state index in [0.717, 1.165) is 33.8 Å². The molecule has 0 unspecified atom stereocenters. The molecule has 0 spiro atoms. The summed E-state index contributed by atoms with van der Waals surface area (Å²) in [7, 11) is -3.76. The van der Waals surface area contributed by atoms with Gasteiger partial charge in [0.2, 0.25) is 10.0 Å². The molecule has 0 saturated heterocycles. The van der Waals surface area contributed by atoms with Gasteiger partial charge in [0.25, 0.3) is 0 Å². The number of rotatable bonds is 4. The van der Waals surface area contributed by atoms with Gasteiger partial charge in [0.05, 0.1) is 10.6 Å². The zero-order valence-corrected chi connectivity index (χ0v) is 19.4. The van der Waals surface area contributed by atoms with Crippen LogP contribution < -0.4 is 5.14 Å². The maximum Gasteiger partial charge on any atom is 0.238 e. The van der Waals surface area contributed by atoms with E-state index in [9.17, 15) is 8.42 Å². The van der Waals surface area contributed by atoms with E-state index >= 15 is 0 Å². The molecular formula is C27H21ClN2O2S. The number of halogens is 1. The summed E-state index contributed by atoms with van der Waals surface area (Å²) in [6.45, 7) is 2.04. The number of sulfonamides is 1. The van der Waals surface area contributed by atoms with E-state index in [4.69, 9.17) is 16.7 Å². The van der Waals surface area contributed by atoms with Crippen molar-refractivity contribution in [3.05, 3.63) is 108 Å². The third-order valence-electron chi connectivity index (χ3n) is 5.79. The molecule has 0 amide bonds. The van der Waals surface area contributed by atoms with E-state index in [2.05, 4.69) is 41.0 Å². The summed E-state index contributed by atoms with van der Waals surface area (Å²) in [5, 5.41) is 8.31. The number of hydrogen-bond donors (Lipinski definition) is 1. The lowest BCUT2D eigenvalue weighted by Crippen LogP contribution is -2.12. The Bertz CT molecular complexity index is 1590. The van der Waals surface area contributed by atoms with Crippen LogP contribution in [-0.2, 0) is 10.0 Å². The van der Waals surface area contributed by atoms with Gasteiger partial charge < -0.3 is 4.57 Å². The highest BCUT2D eigenvalue weighted by Gasteiger charge is 2.18. The minimum atomic E-state index is -3.76. The molecule has 5 rings (SSSR count). The lowest BCUT2D eigenvalue weighted by atomic mass is 9.98. The van der Waals surface area contributed by atoms with Crippen molar-refractivity contribution in [2.24, 2.45) is 5.14 Å². The van der Waals surface area contributed by atoms with E-state index in [1.54, 1.807) is 12.1 Å². The molecule has 0 radical (unpaired) electrons. The van der Waals surface area contributed by atoms with Crippen LogP contribution in [0.4, 0.5) is 0 Å². The van der Waals surface area contributed by atoms with Crippen molar-refractivity contribution in [1.29, 1.82) is 0 Å². The fourth-order valence-electron chi connectivity index (χ4n) is 4.23. The Morgan fingerprint density at radius 2 is 1.39 bits per heavy atom. The van der Waals surface area contributed by atoms with Crippen LogP contribution in [0, 0.1) is 6.92 Å². The van der Waals surface area contributed by atoms with Crippen LogP contribution in [0.1, 0.15) is 5.69 Å². The number of aromatic nitrogens is 1. The molecule has 0 aliphatic heterocycles. The normalized spacial score (nSPS) is 11.7. The van der Waals surface area contributed by atoms with Crippen LogP contribution >= 0.6 is 11.6 Å². The highest BCUT2D eigenvalue weighted by Crippen LogP contribution is 2.38. The number of nitrogens with two attached hydrogens (primary N) is 1. The molecule has 1 aromatic heterocycles. The Hall–Kier alpha value is -3.38. The second-order valence-electron chi connectivity index (χ2n) is 7.99. The molecule has 4 nitrogen and oxygen atoms in total. The topological polar surface area (TPSA) is 65.1 Å². The summed E-state index contributed by atoms with van der Waals surface area (Å²) in [5.41, 5.74) is 6.05. The van der Waals surface area contributed by atoms with Crippen molar-refractivity contribution in [2.45, 2.75) is 11.8 Å². The number of nitrogens with zero attached hydrogens (tertiary/aromatic N) is 1. The Kier molecular flexibility index (Phi) is 5.33. The molecule has 0 atom stereocenters. The first-order chi connectivity index (χ1) is 15.8. The molecule has 6 heteroatoms. The van der Waals surface area contributed by atoms with Crippen LogP contribution in [0.15, 0.2) is 102 Å². The average molecular weight is 473 g/mol. The second-order valence-corrected chi connectivity index (χ2v) is 9.99. The maximum atomic E-state index is 11.7. The Morgan fingerprint density at radius 3 is 2.06 bits per heavy atom. The predicted octanol–water partition coefficient (Wildman–Crippen LogP) is 6.57. The molecule has 0 aliphatic rings. The first-order valence-electron chi connectivity index (χ1n) is 10.4. The largest absolute Gasteiger partial charge is 0.313 e. The van der Waals surface area contributed by atoms with E-state index in [-0.39, 0.29) is 4.90 Å². The van der Waals surface area contributed by atoms with E-state index < -0.39 is 10.0 Å². The smallest absolute Gasteiger partial charge is 0.238 e. The van der Waals surface area contributed by atoms with Crippen LogP contribution in [0.5, 0.6) is 0 Å². The Morgan fingerprint density at radius 1 is 0.758 bits per heavy atom. The van der Waals surface area contributed by atoms with E-state index in [0.29, 0.717) is 5.02 Å². The van der Waals surface area contributed by atoms with Crippen molar-refractivity contribution in [3.63, 3.8) is 0 Å². The molecule has 1 heterocycles. The molecule has 0 saturated carbocycles. The zero-order valence-electron chi connectivity index (χ0n) is 17.9. The first-order valence-corrected chi connectivity index (χ1v) is 12.3.